The third-order valence-electron chi connectivity index (χ3n) is 2.55. The van der Waals surface area contributed by atoms with Crippen LogP contribution < -0.4 is 5.73 Å². The van der Waals surface area contributed by atoms with Crippen LogP contribution in [-0.2, 0) is 4.79 Å². The van der Waals surface area contributed by atoms with Gasteiger partial charge in [0.05, 0.1) is 0 Å². The summed E-state index contributed by atoms with van der Waals surface area (Å²) in [6.07, 6.45) is 11.0. The molecule has 0 saturated heterocycles. The van der Waals surface area contributed by atoms with E-state index in [0.717, 1.165) is 19.4 Å². The lowest BCUT2D eigenvalue weighted by Crippen LogP contribution is -1.97. The van der Waals surface area contributed by atoms with E-state index in [0.29, 0.717) is 6.42 Å². The summed E-state index contributed by atoms with van der Waals surface area (Å²) in [5.41, 5.74) is 5.27. The van der Waals surface area contributed by atoms with Crippen LogP contribution in [0.25, 0.3) is 0 Å². The second-order valence-electron chi connectivity index (χ2n) is 4.41. The zero-order valence-corrected chi connectivity index (χ0v) is 11.7. The number of hydrogen-bond acceptors (Lipinski definition) is 2. The van der Waals surface area contributed by atoms with Gasteiger partial charge in [-0.1, -0.05) is 58.8 Å². The van der Waals surface area contributed by atoms with Gasteiger partial charge < -0.3 is 10.8 Å². The fraction of sp³-hybridized carbons (Fsp3) is 0.929. The van der Waals surface area contributed by atoms with Gasteiger partial charge in [0, 0.05) is 6.42 Å². The number of carboxylic acids is 1. The van der Waals surface area contributed by atoms with Crippen molar-refractivity contribution in [1.29, 1.82) is 0 Å². The Kier molecular flexibility index (Phi) is 19.7. The molecule has 3 heteroatoms. The van der Waals surface area contributed by atoms with Gasteiger partial charge >= 0.3 is 5.97 Å². The van der Waals surface area contributed by atoms with E-state index in [1.165, 1.54) is 44.9 Å². The van der Waals surface area contributed by atoms with Crippen LogP contribution in [0.1, 0.15) is 78.1 Å². The van der Waals surface area contributed by atoms with Gasteiger partial charge in [-0.15, -0.1) is 0 Å². The second kappa shape index (κ2) is 17.8. The molecule has 0 aliphatic heterocycles. The predicted octanol–water partition coefficient (Wildman–Crippen LogP) is 3.96. The summed E-state index contributed by atoms with van der Waals surface area (Å²) in [5, 5.41) is 8.27. The van der Waals surface area contributed by atoms with Crippen LogP contribution in [0.4, 0.5) is 0 Å². The Morgan fingerprint density at radius 2 is 1.35 bits per heavy atom. The van der Waals surface area contributed by atoms with Gasteiger partial charge in [-0.05, 0) is 19.4 Å². The van der Waals surface area contributed by atoms with Crippen LogP contribution >= 0.6 is 0 Å². The molecule has 0 atom stereocenters. The topological polar surface area (TPSA) is 63.3 Å². The maximum Gasteiger partial charge on any atom is 0.303 e. The number of carboxylic acid groups (broad SMARTS) is 1. The summed E-state index contributed by atoms with van der Waals surface area (Å²) in [6.45, 7) is 5.22. The van der Waals surface area contributed by atoms with Gasteiger partial charge in [-0.3, -0.25) is 4.79 Å². The van der Waals surface area contributed by atoms with Crippen molar-refractivity contribution in [2.24, 2.45) is 5.73 Å². The Morgan fingerprint density at radius 3 is 1.76 bits per heavy atom. The number of hydrogen-bond donors (Lipinski definition) is 2. The highest BCUT2D eigenvalue weighted by Gasteiger charge is 1.94. The average Bonchev–Trinajstić information content (AvgIpc) is 2.30. The number of unbranched alkanes of at least 4 members (excludes halogenated alkanes) is 7. The van der Waals surface area contributed by atoms with Crippen molar-refractivity contribution in [2.45, 2.75) is 78.1 Å². The second-order valence-corrected chi connectivity index (χ2v) is 4.41. The Balaban J connectivity index is 0. The summed E-state index contributed by atoms with van der Waals surface area (Å²) in [6, 6.07) is 0. The molecule has 17 heavy (non-hydrogen) atoms. The molecule has 0 amide bonds. The monoisotopic (exact) mass is 245 g/mol. The Morgan fingerprint density at radius 1 is 0.882 bits per heavy atom. The van der Waals surface area contributed by atoms with Crippen molar-refractivity contribution in [3.05, 3.63) is 0 Å². The minimum absolute atomic E-state index is 0.337. The summed E-state index contributed by atoms with van der Waals surface area (Å²) in [5.74, 6) is -0.670. The standard InChI is InChI=1S/C8H16O2.C6H15N/c1-2-3-4-5-6-7-8(9)10;1-2-3-4-5-6-7/h2-7H2,1H3,(H,9,10);2-7H2,1H3. The zero-order valence-electron chi connectivity index (χ0n) is 11.7. The number of rotatable bonds is 10. The van der Waals surface area contributed by atoms with Crippen molar-refractivity contribution in [3.8, 4) is 0 Å². The molecule has 0 saturated carbocycles. The van der Waals surface area contributed by atoms with E-state index in [9.17, 15) is 4.79 Å². The molecule has 0 fully saturated rings. The first-order valence-electron chi connectivity index (χ1n) is 7.10. The summed E-state index contributed by atoms with van der Waals surface area (Å²) < 4.78 is 0. The molecule has 0 heterocycles. The lowest BCUT2D eigenvalue weighted by molar-refractivity contribution is -0.137. The highest BCUT2D eigenvalue weighted by atomic mass is 16.4. The molecule has 0 aliphatic rings. The van der Waals surface area contributed by atoms with Gasteiger partial charge in [0.1, 0.15) is 0 Å². The molecular formula is C14H31NO2. The maximum atomic E-state index is 10.0. The first-order chi connectivity index (χ1) is 8.18. The van der Waals surface area contributed by atoms with Crippen LogP contribution in [0.3, 0.4) is 0 Å². The molecule has 0 aliphatic carbocycles. The van der Waals surface area contributed by atoms with Gasteiger partial charge in [-0.2, -0.15) is 0 Å². The van der Waals surface area contributed by atoms with E-state index in [1.54, 1.807) is 0 Å². The number of carbonyl (C=O) groups is 1. The molecule has 0 aromatic heterocycles. The van der Waals surface area contributed by atoms with Gasteiger partial charge in [0.2, 0.25) is 0 Å². The third kappa shape index (κ3) is 25.6. The van der Waals surface area contributed by atoms with Crippen molar-refractivity contribution in [1.82, 2.24) is 0 Å². The molecule has 0 aromatic carbocycles. The number of aliphatic carboxylic acids is 1. The van der Waals surface area contributed by atoms with Crippen molar-refractivity contribution >= 4 is 5.97 Å². The van der Waals surface area contributed by atoms with E-state index in [2.05, 4.69) is 13.8 Å². The van der Waals surface area contributed by atoms with Crippen LogP contribution in [0.2, 0.25) is 0 Å². The fourth-order valence-corrected chi connectivity index (χ4v) is 1.45. The minimum Gasteiger partial charge on any atom is -0.481 e. The first-order valence-corrected chi connectivity index (χ1v) is 7.10. The molecule has 3 N–H and O–H groups in total. The molecular weight excluding hydrogens is 214 g/mol. The van der Waals surface area contributed by atoms with E-state index < -0.39 is 5.97 Å². The maximum absolute atomic E-state index is 10.0. The van der Waals surface area contributed by atoms with Crippen LogP contribution in [0.15, 0.2) is 0 Å². The summed E-state index contributed by atoms with van der Waals surface area (Å²) >= 11 is 0. The quantitative estimate of drug-likeness (QED) is 0.573. The predicted molar refractivity (Wildman–Crippen MR) is 74.2 cm³/mol. The Hall–Kier alpha value is -0.570. The first kappa shape index (κ1) is 18.8. The van der Waals surface area contributed by atoms with Crippen LogP contribution in [0.5, 0.6) is 0 Å². The lowest BCUT2D eigenvalue weighted by atomic mass is 10.1. The minimum atomic E-state index is -0.670. The SMILES string of the molecule is CCCCCCCC(=O)O.CCCCCCN. The molecule has 0 spiro atoms. The molecule has 0 aromatic rings. The molecule has 0 unspecified atom stereocenters. The summed E-state index contributed by atoms with van der Waals surface area (Å²) in [4.78, 5) is 10.0. The molecule has 3 nitrogen and oxygen atoms in total. The Bertz CT molecular complexity index is 145. The van der Waals surface area contributed by atoms with Crippen LogP contribution in [0, 0.1) is 0 Å². The third-order valence-corrected chi connectivity index (χ3v) is 2.55. The fourth-order valence-electron chi connectivity index (χ4n) is 1.45. The normalized spacial score (nSPS) is 9.59. The highest BCUT2D eigenvalue weighted by molar-refractivity contribution is 5.66. The largest absolute Gasteiger partial charge is 0.481 e. The van der Waals surface area contributed by atoms with Gasteiger partial charge in [0.15, 0.2) is 0 Å². The van der Waals surface area contributed by atoms with E-state index >= 15 is 0 Å². The van der Waals surface area contributed by atoms with E-state index in [-0.39, 0.29) is 0 Å². The number of nitrogens with two attached hydrogens (primary N) is 1. The molecule has 104 valence electrons. The van der Waals surface area contributed by atoms with Crippen molar-refractivity contribution < 1.29 is 9.90 Å². The summed E-state index contributed by atoms with van der Waals surface area (Å²) in [7, 11) is 0. The Labute approximate surface area is 107 Å². The van der Waals surface area contributed by atoms with E-state index in [1.807, 2.05) is 0 Å². The van der Waals surface area contributed by atoms with Gasteiger partial charge in [-0.25, -0.2) is 0 Å². The molecule has 0 radical (unpaired) electrons. The van der Waals surface area contributed by atoms with Crippen LogP contribution in [-0.4, -0.2) is 17.6 Å². The average molecular weight is 245 g/mol. The lowest BCUT2D eigenvalue weighted by Gasteiger charge is -1.95. The smallest absolute Gasteiger partial charge is 0.303 e. The zero-order chi connectivity index (χ0) is 13.4. The highest BCUT2D eigenvalue weighted by Crippen LogP contribution is 2.04. The van der Waals surface area contributed by atoms with E-state index in [4.69, 9.17) is 10.8 Å². The van der Waals surface area contributed by atoms with Gasteiger partial charge in [0.25, 0.3) is 0 Å². The molecule has 0 rings (SSSR count). The van der Waals surface area contributed by atoms with Crippen molar-refractivity contribution in [2.75, 3.05) is 6.54 Å². The van der Waals surface area contributed by atoms with Crippen molar-refractivity contribution in [3.63, 3.8) is 0 Å². The molecule has 0 bridgehead atoms.